The van der Waals surface area contributed by atoms with Gasteiger partial charge in [0.1, 0.15) is 0 Å². The van der Waals surface area contributed by atoms with Gasteiger partial charge < -0.3 is 20.1 Å². The number of likely N-dealkylation sites (N-methyl/N-ethyl adjacent to an activating group) is 1. The third-order valence-corrected chi connectivity index (χ3v) is 4.53. The third-order valence-electron chi connectivity index (χ3n) is 4.53. The smallest absolute Gasteiger partial charge is 0.317 e. The average molecular weight is 327 g/mol. The Kier molecular flexibility index (Phi) is 7.11. The Morgan fingerprint density at radius 2 is 1.96 bits per heavy atom. The zero-order valence-corrected chi connectivity index (χ0v) is 14.0. The van der Waals surface area contributed by atoms with Crippen LogP contribution in [-0.4, -0.2) is 78.9 Å². The molecule has 7 nitrogen and oxygen atoms in total. The van der Waals surface area contributed by atoms with Crippen molar-refractivity contribution in [3.63, 3.8) is 0 Å². The molecule has 2 rings (SSSR count). The first-order valence-electron chi connectivity index (χ1n) is 8.62. The highest BCUT2D eigenvalue weighted by Gasteiger charge is 2.27. The van der Waals surface area contributed by atoms with E-state index in [1.54, 1.807) is 16.8 Å². The number of nitrogens with zero attached hydrogens (tertiary/aromatic N) is 2. The van der Waals surface area contributed by atoms with Crippen LogP contribution in [0.25, 0.3) is 0 Å². The lowest BCUT2D eigenvalue weighted by Crippen LogP contribution is -2.53. The number of rotatable bonds is 5. The lowest BCUT2D eigenvalue weighted by atomic mass is 10.1. The molecule has 0 bridgehead atoms. The largest absolute Gasteiger partial charge is 0.480 e. The maximum absolute atomic E-state index is 12.4. The molecule has 1 unspecified atom stereocenters. The van der Waals surface area contributed by atoms with Crippen LogP contribution in [0.3, 0.4) is 0 Å². The van der Waals surface area contributed by atoms with Gasteiger partial charge in [-0.1, -0.05) is 25.7 Å². The number of nitrogens with one attached hydrogen (secondary N) is 1. The van der Waals surface area contributed by atoms with Gasteiger partial charge in [0.25, 0.3) is 0 Å². The standard InChI is InChI=1S/C16H29N3O4/c1-18(12-15(20)21)10-14-11-19(8-9-23-14)16(22)17-13-6-4-2-3-5-7-13/h13-14H,2-12H2,1H3,(H,17,22)(H,20,21). The maximum Gasteiger partial charge on any atom is 0.317 e. The van der Waals surface area contributed by atoms with E-state index in [1.165, 1.54) is 25.7 Å². The number of aliphatic carboxylic acids is 1. The summed E-state index contributed by atoms with van der Waals surface area (Å²) in [5.41, 5.74) is 0. The van der Waals surface area contributed by atoms with E-state index in [0.717, 1.165) is 12.8 Å². The molecule has 1 heterocycles. The van der Waals surface area contributed by atoms with Crippen molar-refractivity contribution in [3.8, 4) is 0 Å². The van der Waals surface area contributed by atoms with Gasteiger partial charge >= 0.3 is 12.0 Å². The molecule has 2 aliphatic rings. The Balaban J connectivity index is 1.77. The second kappa shape index (κ2) is 9.08. The molecule has 23 heavy (non-hydrogen) atoms. The molecule has 0 aromatic carbocycles. The molecule has 132 valence electrons. The average Bonchev–Trinajstić information content (AvgIpc) is 2.75. The van der Waals surface area contributed by atoms with Crippen molar-refractivity contribution >= 4 is 12.0 Å². The number of urea groups is 1. The summed E-state index contributed by atoms with van der Waals surface area (Å²) in [6.45, 7) is 2.11. The molecule has 0 spiro atoms. The highest BCUT2D eigenvalue weighted by atomic mass is 16.5. The number of ether oxygens (including phenoxy) is 1. The normalized spacial score (nSPS) is 23.6. The van der Waals surface area contributed by atoms with Gasteiger partial charge in [-0.3, -0.25) is 9.69 Å². The zero-order valence-electron chi connectivity index (χ0n) is 14.0. The molecule has 1 atom stereocenters. The fourth-order valence-corrected chi connectivity index (χ4v) is 3.35. The number of carbonyl (C=O) groups excluding carboxylic acids is 1. The first-order valence-corrected chi connectivity index (χ1v) is 8.62. The molecular formula is C16H29N3O4. The molecule has 2 fully saturated rings. The first kappa shape index (κ1) is 18.0. The Bertz CT molecular complexity index is 397. The van der Waals surface area contributed by atoms with Gasteiger partial charge in [0.05, 0.1) is 19.3 Å². The minimum absolute atomic E-state index is 0.00825. The van der Waals surface area contributed by atoms with E-state index in [-0.39, 0.29) is 18.7 Å². The van der Waals surface area contributed by atoms with Gasteiger partial charge in [-0.2, -0.15) is 0 Å². The fraction of sp³-hybridized carbons (Fsp3) is 0.875. The Labute approximate surface area is 138 Å². The number of carboxylic acid groups (broad SMARTS) is 1. The summed E-state index contributed by atoms with van der Waals surface area (Å²) in [4.78, 5) is 26.7. The monoisotopic (exact) mass is 327 g/mol. The number of carboxylic acids is 1. The minimum atomic E-state index is -0.855. The summed E-state index contributed by atoms with van der Waals surface area (Å²) in [7, 11) is 1.75. The minimum Gasteiger partial charge on any atom is -0.480 e. The van der Waals surface area contributed by atoms with Crippen LogP contribution in [-0.2, 0) is 9.53 Å². The van der Waals surface area contributed by atoms with Crippen molar-refractivity contribution in [1.29, 1.82) is 0 Å². The topological polar surface area (TPSA) is 82.1 Å². The van der Waals surface area contributed by atoms with Gasteiger partial charge in [0.15, 0.2) is 0 Å². The van der Waals surface area contributed by atoms with Crippen molar-refractivity contribution in [2.75, 3.05) is 39.8 Å². The molecule has 2 amide bonds. The van der Waals surface area contributed by atoms with E-state index in [9.17, 15) is 9.59 Å². The maximum atomic E-state index is 12.4. The SMILES string of the molecule is CN(CC(=O)O)CC1CN(C(=O)NC2CCCCCC2)CCO1. The quantitative estimate of drug-likeness (QED) is 0.740. The van der Waals surface area contributed by atoms with Crippen LogP contribution in [0.5, 0.6) is 0 Å². The lowest BCUT2D eigenvalue weighted by molar-refractivity contribution is -0.138. The van der Waals surface area contributed by atoms with Gasteiger partial charge in [-0.25, -0.2) is 4.79 Å². The van der Waals surface area contributed by atoms with Gasteiger partial charge in [-0.15, -0.1) is 0 Å². The highest BCUT2D eigenvalue weighted by Crippen LogP contribution is 2.17. The second-order valence-corrected chi connectivity index (χ2v) is 6.67. The Morgan fingerprint density at radius 1 is 1.26 bits per heavy atom. The summed E-state index contributed by atoms with van der Waals surface area (Å²) in [6.07, 6.45) is 6.92. The summed E-state index contributed by atoms with van der Waals surface area (Å²) < 4.78 is 5.66. The highest BCUT2D eigenvalue weighted by molar-refractivity contribution is 5.74. The molecular weight excluding hydrogens is 298 g/mol. The van der Waals surface area contributed by atoms with Crippen LogP contribution in [0, 0.1) is 0 Å². The van der Waals surface area contributed by atoms with Crippen molar-refractivity contribution < 1.29 is 19.4 Å². The van der Waals surface area contributed by atoms with Crippen LogP contribution in [0.2, 0.25) is 0 Å². The molecule has 1 saturated heterocycles. The van der Waals surface area contributed by atoms with Gasteiger partial charge in [0, 0.05) is 25.7 Å². The molecule has 7 heteroatoms. The Morgan fingerprint density at radius 3 is 2.61 bits per heavy atom. The lowest BCUT2D eigenvalue weighted by Gasteiger charge is -2.35. The number of carbonyl (C=O) groups is 2. The van der Waals surface area contributed by atoms with Crippen molar-refractivity contribution in [2.24, 2.45) is 0 Å². The van der Waals surface area contributed by atoms with E-state index < -0.39 is 5.97 Å². The molecule has 1 saturated carbocycles. The summed E-state index contributed by atoms with van der Waals surface area (Å²) in [6, 6.07) is 0.284. The van der Waals surface area contributed by atoms with Crippen LogP contribution in [0.15, 0.2) is 0 Å². The van der Waals surface area contributed by atoms with Crippen molar-refractivity contribution in [3.05, 3.63) is 0 Å². The van der Waals surface area contributed by atoms with Crippen LogP contribution in [0.4, 0.5) is 4.79 Å². The summed E-state index contributed by atoms with van der Waals surface area (Å²) in [5, 5.41) is 12.0. The van der Waals surface area contributed by atoms with Crippen LogP contribution < -0.4 is 5.32 Å². The first-order chi connectivity index (χ1) is 11.0. The van der Waals surface area contributed by atoms with Crippen molar-refractivity contribution in [1.82, 2.24) is 15.1 Å². The van der Waals surface area contributed by atoms with Crippen LogP contribution in [0.1, 0.15) is 38.5 Å². The molecule has 0 radical (unpaired) electrons. The number of hydrogen-bond acceptors (Lipinski definition) is 4. The predicted molar refractivity (Wildman–Crippen MR) is 86.5 cm³/mol. The molecule has 0 aromatic heterocycles. The van der Waals surface area contributed by atoms with E-state index in [2.05, 4.69) is 5.32 Å². The summed E-state index contributed by atoms with van der Waals surface area (Å²) >= 11 is 0. The van der Waals surface area contributed by atoms with E-state index in [1.807, 2.05) is 0 Å². The van der Waals surface area contributed by atoms with E-state index in [0.29, 0.717) is 32.3 Å². The third kappa shape index (κ3) is 6.35. The second-order valence-electron chi connectivity index (χ2n) is 6.67. The van der Waals surface area contributed by atoms with E-state index in [4.69, 9.17) is 9.84 Å². The van der Waals surface area contributed by atoms with Gasteiger partial charge in [0.2, 0.25) is 0 Å². The number of amides is 2. The van der Waals surface area contributed by atoms with Crippen LogP contribution >= 0.6 is 0 Å². The Hall–Kier alpha value is -1.34. The number of morpholine rings is 1. The molecule has 2 N–H and O–H groups in total. The van der Waals surface area contributed by atoms with Gasteiger partial charge in [-0.05, 0) is 19.9 Å². The zero-order chi connectivity index (χ0) is 16.7. The summed E-state index contributed by atoms with van der Waals surface area (Å²) in [5.74, 6) is -0.855. The fourth-order valence-electron chi connectivity index (χ4n) is 3.35. The molecule has 0 aromatic rings. The number of hydrogen-bond donors (Lipinski definition) is 2. The predicted octanol–water partition coefficient (Wildman–Crippen LogP) is 1.14. The molecule has 1 aliphatic carbocycles. The molecule has 1 aliphatic heterocycles. The van der Waals surface area contributed by atoms with E-state index >= 15 is 0 Å². The van der Waals surface area contributed by atoms with Crippen molar-refractivity contribution in [2.45, 2.75) is 50.7 Å².